The Morgan fingerprint density at radius 1 is 1.21 bits per heavy atom. The first kappa shape index (κ1) is 31.4. The molecule has 2 aromatic heterocycles. The Morgan fingerprint density at radius 3 is 2.48 bits per heavy atom. The zero-order chi connectivity index (χ0) is 31.0. The molecule has 1 unspecified atom stereocenters. The van der Waals surface area contributed by atoms with Crippen LogP contribution in [0.1, 0.15) is 69.6 Å². The number of ether oxygens (including phenoxy) is 4. The first-order valence-corrected chi connectivity index (χ1v) is 14.5. The lowest BCUT2D eigenvalue weighted by atomic mass is 10.0. The van der Waals surface area contributed by atoms with Crippen LogP contribution < -0.4 is 16.0 Å². The lowest BCUT2D eigenvalue weighted by Gasteiger charge is -2.31. The van der Waals surface area contributed by atoms with E-state index in [0.29, 0.717) is 42.9 Å². The summed E-state index contributed by atoms with van der Waals surface area (Å²) in [6.45, 7) is 10.4. The molecule has 1 atom stereocenters. The predicted molar refractivity (Wildman–Crippen MR) is 156 cm³/mol. The Bertz CT molecular complexity index is 1650. The highest BCUT2D eigenvalue weighted by atomic mass is 32.1. The van der Waals surface area contributed by atoms with Crippen molar-refractivity contribution in [1.82, 2.24) is 9.13 Å². The molecule has 12 heteroatoms. The van der Waals surface area contributed by atoms with Gasteiger partial charge in [-0.1, -0.05) is 0 Å². The summed E-state index contributed by atoms with van der Waals surface area (Å²) in [5, 5.41) is 9.93. The van der Waals surface area contributed by atoms with Gasteiger partial charge in [0.25, 0.3) is 5.56 Å². The number of thiophene rings is 1. The molecule has 3 aromatic rings. The Hall–Kier alpha value is -3.53. The van der Waals surface area contributed by atoms with Gasteiger partial charge >= 0.3 is 11.7 Å². The largest absolute Gasteiger partial charge is 0.496 e. The Morgan fingerprint density at radius 2 is 1.88 bits per heavy atom. The number of carbonyl (C=O) groups excluding carboxylic acids is 1. The summed E-state index contributed by atoms with van der Waals surface area (Å²) in [6.07, 6.45) is 0.0654. The van der Waals surface area contributed by atoms with E-state index in [-0.39, 0.29) is 27.7 Å². The second-order valence-corrected chi connectivity index (χ2v) is 12.8. The van der Waals surface area contributed by atoms with Gasteiger partial charge in [-0.15, -0.1) is 11.3 Å². The summed E-state index contributed by atoms with van der Waals surface area (Å²) in [5.74, 6) is -0.922. The van der Waals surface area contributed by atoms with Crippen LogP contribution in [0.25, 0.3) is 10.2 Å². The van der Waals surface area contributed by atoms with Gasteiger partial charge in [0.1, 0.15) is 44.6 Å². The van der Waals surface area contributed by atoms with Gasteiger partial charge in [-0.05, 0) is 78.1 Å². The Balaban J connectivity index is 1.98. The highest BCUT2D eigenvalue weighted by molar-refractivity contribution is 7.19. The van der Waals surface area contributed by atoms with E-state index in [1.807, 2.05) is 0 Å². The summed E-state index contributed by atoms with van der Waals surface area (Å²) in [7, 11) is 1.46. The van der Waals surface area contributed by atoms with E-state index >= 15 is 0 Å². The third-order valence-electron chi connectivity index (χ3n) is 7.18. The van der Waals surface area contributed by atoms with Crippen LogP contribution >= 0.6 is 11.3 Å². The van der Waals surface area contributed by atoms with Gasteiger partial charge in [0.05, 0.1) is 25.1 Å². The number of hydrogen-bond acceptors (Lipinski definition) is 9. The van der Waals surface area contributed by atoms with E-state index in [1.54, 1.807) is 27.7 Å². The van der Waals surface area contributed by atoms with Gasteiger partial charge < -0.3 is 18.9 Å². The summed E-state index contributed by atoms with van der Waals surface area (Å²) in [5.41, 5.74) is -3.29. The average molecular weight is 602 g/mol. The number of aromatic nitrogens is 2. The van der Waals surface area contributed by atoms with E-state index in [0.717, 1.165) is 15.9 Å². The highest BCUT2D eigenvalue weighted by Gasteiger charge is 2.39. The minimum atomic E-state index is -1.70. The van der Waals surface area contributed by atoms with Gasteiger partial charge in [-0.3, -0.25) is 9.36 Å². The van der Waals surface area contributed by atoms with Crippen molar-refractivity contribution in [3.63, 3.8) is 0 Å². The van der Waals surface area contributed by atoms with Crippen molar-refractivity contribution in [2.24, 2.45) is 0 Å². The third kappa shape index (κ3) is 6.14. The molecule has 0 N–H and O–H groups in total. The van der Waals surface area contributed by atoms with E-state index < -0.39 is 40.3 Å². The molecule has 42 heavy (non-hydrogen) atoms. The molecule has 1 aliphatic heterocycles. The van der Waals surface area contributed by atoms with Gasteiger partial charge in [-0.25, -0.2) is 18.5 Å². The second kappa shape index (κ2) is 12.0. The first-order valence-electron chi connectivity index (χ1n) is 13.7. The molecule has 0 spiro atoms. The zero-order valence-electron chi connectivity index (χ0n) is 24.9. The van der Waals surface area contributed by atoms with Crippen LogP contribution in [-0.2, 0) is 31.1 Å². The van der Waals surface area contributed by atoms with Crippen LogP contribution in [0.2, 0.25) is 0 Å². The van der Waals surface area contributed by atoms with Crippen molar-refractivity contribution in [2.45, 2.75) is 84.3 Å². The number of fused-ring (bicyclic) bond motifs is 1. The summed E-state index contributed by atoms with van der Waals surface area (Å²) < 4.78 is 39.8. The quantitative estimate of drug-likeness (QED) is 0.345. The van der Waals surface area contributed by atoms with Crippen molar-refractivity contribution >= 4 is 27.5 Å². The van der Waals surface area contributed by atoms with Crippen molar-refractivity contribution in [3.05, 3.63) is 60.9 Å². The molecular weight excluding hydrogens is 565 g/mol. The van der Waals surface area contributed by atoms with Crippen LogP contribution in [0, 0.1) is 24.1 Å². The van der Waals surface area contributed by atoms with Crippen molar-refractivity contribution in [3.8, 4) is 11.8 Å². The number of halogens is 1. The smallest absolute Gasteiger partial charge is 0.333 e. The number of rotatable bonds is 8. The Kier molecular flexibility index (Phi) is 8.97. The molecule has 0 radical (unpaired) electrons. The molecular formula is C30H36FN3O7S. The van der Waals surface area contributed by atoms with Gasteiger partial charge in [0.15, 0.2) is 0 Å². The monoisotopic (exact) mass is 601 g/mol. The van der Waals surface area contributed by atoms with Crippen molar-refractivity contribution < 1.29 is 28.1 Å². The molecule has 0 saturated carbocycles. The van der Waals surface area contributed by atoms with Crippen LogP contribution in [0.15, 0.2) is 27.8 Å². The maximum atomic E-state index is 14.6. The zero-order valence-corrected chi connectivity index (χ0v) is 25.7. The molecule has 1 aliphatic rings. The highest BCUT2D eigenvalue weighted by Crippen LogP contribution is 2.35. The molecule has 226 valence electrons. The minimum absolute atomic E-state index is 0.142. The summed E-state index contributed by atoms with van der Waals surface area (Å²) in [6, 6.07) is 6.15. The molecule has 1 fully saturated rings. The maximum Gasteiger partial charge on any atom is 0.333 e. The number of benzene rings is 1. The lowest BCUT2D eigenvalue weighted by Crippen LogP contribution is -2.54. The van der Waals surface area contributed by atoms with Gasteiger partial charge in [-0.2, -0.15) is 5.26 Å². The third-order valence-corrected chi connectivity index (χ3v) is 8.40. The number of hydrogen-bond donors (Lipinski definition) is 0. The second-order valence-electron chi connectivity index (χ2n) is 11.8. The van der Waals surface area contributed by atoms with Crippen molar-refractivity contribution in [1.29, 1.82) is 5.26 Å². The standard InChI is InChI=1S/C30H36FN3O7S/c1-17-23(15-32)42-26-24(17)25(35)34(30(5,6)27(36)41-29(2,3)4)28(37)33(26)16-22(40-19-10-12-39-13-11-19)20-14-18(31)8-9-21(20)38-7/h8-9,14,19,22H,10-13,16H2,1-7H3. The van der Waals surface area contributed by atoms with Crippen LogP contribution in [0.5, 0.6) is 5.75 Å². The molecule has 0 aliphatic carbocycles. The fraction of sp³-hybridized carbons (Fsp3) is 0.533. The topological polar surface area (TPSA) is 122 Å². The molecule has 1 saturated heterocycles. The van der Waals surface area contributed by atoms with E-state index in [1.165, 1.54) is 43.7 Å². The van der Waals surface area contributed by atoms with Crippen LogP contribution in [-0.4, -0.2) is 47.1 Å². The number of aryl methyl sites for hydroxylation is 1. The predicted octanol–water partition coefficient (Wildman–Crippen LogP) is 4.57. The van der Waals surface area contributed by atoms with Crippen molar-refractivity contribution in [2.75, 3.05) is 20.3 Å². The minimum Gasteiger partial charge on any atom is -0.496 e. The number of nitriles is 1. The Labute approximate surface area is 247 Å². The fourth-order valence-electron chi connectivity index (χ4n) is 4.98. The number of methoxy groups -OCH3 is 1. The van der Waals surface area contributed by atoms with E-state index in [2.05, 4.69) is 6.07 Å². The molecule has 3 heterocycles. The fourth-order valence-corrected chi connectivity index (χ4v) is 6.08. The maximum absolute atomic E-state index is 14.6. The molecule has 0 bridgehead atoms. The van der Waals surface area contributed by atoms with Crippen LogP contribution in [0.4, 0.5) is 4.39 Å². The molecule has 4 rings (SSSR count). The van der Waals surface area contributed by atoms with E-state index in [9.17, 15) is 24.0 Å². The lowest BCUT2D eigenvalue weighted by molar-refractivity contribution is -0.164. The molecule has 10 nitrogen and oxygen atoms in total. The summed E-state index contributed by atoms with van der Waals surface area (Å²) in [4.78, 5) is 42.0. The SMILES string of the molecule is COc1ccc(F)cc1C(Cn1c(=O)n(C(C)(C)C(=O)OC(C)(C)C)c(=O)c2c(C)c(C#N)sc21)OC1CCOCC1. The van der Waals surface area contributed by atoms with Gasteiger partial charge in [0, 0.05) is 18.8 Å². The molecule has 0 amide bonds. The van der Waals surface area contributed by atoms with Crippen LogP contribution in [0.3, 0.4) is 0 Å². The number of esters is 1. The van der Waals surface area contributed by atoms with Gasteiger partial charge in [0.2, 0.25) is 0 Å². The van der Waals surface area contributed by atoms with E-state index in [4.69, 9.17) is 18.9 Å². The number of nitrogens with zero attached hydrogens (tertiary/aromatic N) is 3. The number of carbonyl (C=O) groups is 1. The average Bonchev–Trinajstić information content (AvgIpc) is 3.26. The normalized spacial score (nSPS) is 15.4. The first-order chi connectivity index (χ1) is 19.7. The summed E-state index contributed by atoms with van der Waals surface area (Å²) >= 11 is 1.00. The molecule has 1 aromatic carbocycles.